The smallest absolute Gasteiger partial charge is 0.0144 e. The van der Waals surface area contributed by atoms with Gasteiger partial charge in [-0.05, 0) is 54.3 Å². The van der Waals surface area contributed by atoms with Crippen LogP contribution in [-0.4, -0.2) is 0 Å². The molecule has 4 aliphatic carbocycles. The molecule has 0 heteroatoms. The average molecular weight is 198 g/mol. The van der Waals surface area contributed by atoms with E-state index < -0.39 is 0 Å². The molecule has 2 bridgehead atoms. The van der Waals surface area contributed by atoms with Gasteiger partial charge in [-0.15, -0.1) is 0 Å². The van der Waals surface area contributed by atoms with Gasteiger partial charge in [-0.3, -0.25) is 0 Å². The molecule has 0 N–H and O–H groups in total. The summed E-state index contributed by atoms with van der Waals surface area (Å²) in [4.78, 5) is 0. The highest BCUT2D eigenvalue weighted by atomic mass is 14.7. The van der Waals surface area contributed by atoms with Crippen molar-refractivity contribution < 1.29 is 0 Å². The summed E-state index contributed by atoms with van der Waals surface area (Å²) in [7, 11) is 0. The van der Waals surface area contributed by atoms with Gasteiger partial charge in [-0.25, -0.2) is 0 Å². The normalized spacial score (nSPS) is 58.5. The topological polar surface area (TPSA) is 0 Å². The molecule has 6 atom stereocenters. The van der Waals surface area contributed by atoms with Crippen LogP contribution in [0.5, 0.6) is 0 Å². The summed E-state index contributed by atoms with van der Waals surface area (Å²) >= 11 is 0. The van der Waals surface area contributed by atoms with Gasteiger partial charge < -0.3 is 0 Å². The quantitative estimate of drug-likeness (QED) is 0.565. The Kier molecular flexibility index (Phi) is 1.32. The van der Waals surface area contributed by atoms with E-state index >= 15 is 0 Å². The van der Waals surface area contributed by atoms with E-state index in [9.17, 15) is 0 Å². The maximum atomic E-state index is 3.27. The van der Waals surface area contributed by atoms with Gasteiger partial charge in [0.2, 0.25) is 0 Å². The van der Waals surface area contributed by atoms with Gasteiger partial charge in [0.25, 0.3) is 0 Å². The third-order valence-electron chi connectivity index (χ3n) is 6.20. The highest BCUT2D eigenvalue weighted by Gasteiger charge is 2.67. The first-order valence-electron chi connectivity index (χ1n) is 6.43. The number of fused-ring (bicyclic) bond motifs is 5. The molecular formula is C15H18. The van der Waals surface area contributed by atoms with Crippen molar-refractivity contribution in [3.8, 4) is 0 Å². The lowest BCUT2D eigenvalue weighted by atomic mass is 9.45. The molecule has 0 aromatic heterocycles. The van der Waals surface area contributed by atoms with Crippen molar-refractivity contribution in [2.75, 3.05) is 0 Å². The predicted molar refractivity (Wildman–Crippen MR) is 60.2 cm³/mol. The molecule has 0 spiro atoms. The molecule has 0 radical (unpaired) electrons. The van der Waals surface area contributed by atoms with E-state index in [0.29, 0.717) is 5.41 Å². The Labute approximate surface area is 91.8 Å². The van der Waals surface area contributed by atoms with Gasteiger partial charge in [-0.2, -0.15) is 0 Å². The zero-order chi connectivity index (χ0) is 10.2. The van der Waals surface area contributed by atoms with Crippen LogP contribution in [0.25, 0.3) is 0 Å². The van der Waals surface area contributed by atoms with Gasteiger partial charge in [0, 0.05) is 11.6 Å². The minimum absolute atomic E-state index is 0.651. The monoisotopic (exact) mass is 198 g/mol. The van der Waals surface area contributed by atoms with E-state index in [-0.39, 0.29) is 0 Å². The molecule has 6 unspecified atom stereocenters. The second kappa shape index (κ2) is 2.34. The molecule has 0 nitrogen and oxygen atoms in total. The van der Waals surface area contributed by atoms with Gasteiger partial charge in [0.1, 0.15) is 0 Å². The first-order chi connectivity index (χ1) is 7.21. The van der Waals surface area contributed by atoms with E-state index in [2.05, 4.69) is 31.4 Å². The standard InChI is InChI=1S/C15H18/c1-9-6-11-7-12(9)14-8-13(15(11,14)2)10-4-3-5-10/h4,9,11-14H,6-8H2,1-2H3. The van der Waals surface area contributed by atoms with Crippen molar-refractivity contribution in [1.82, 2.24) is 0 Å². The van der Waals surface area contributed by atoms with Crippen LogP contribution in [-0.2, 0) is 0 Å². The number of rotatable bonds is 1. The first-order valence-corrected chi connectivity index (χ1v) is 6.43. The zero-order valence-electron chi connectivity index (χ0n) is 9.59. The van der Waals surface area contributed by atoms with Gasteiger partial charge in [0.15, 0.2) is 0 Å². The van der Waals surface area contributed by atoms with Gasteiger partial charge in [0.05, 0.1) is 0 Å². The van der Waals surface area contributed by atoms with Crippen molar-refractivity contribution in [1.29, 1.82) is 0 Å². The molecule has 78 valence electrons. The molecule has 15 heavy (non-hydrogen) atoms. The Morgan fingerprint density at radius 3 is 2.73 bits per heavy atom. The Morgan fingerprint density at radius 2 is 2.13 bits per heavy atom. The molecule has 4 aliphatic rings. The summed E-state index contributed by atoms with van der Waals surface area (Å²) < 4.78 is 0. The zero-order valence-corrected chi connectivity index (χ0v) is 9.59. The first kappa shape index (κ1) is 8.45. The molecular weight excluding hydrogens is 180 g/mol. The largest absolute Gasteiger partial charge is 0.0690 e. The second-order valence-corrected chi connectivity index (χ2v) is 6.44. The van der Waals surface area contributed by atoms with E-state index in [1.807, 2.05) is 0 Å². The minimum atomic E-state index is 0.651. The van der Waals surface area contributed by atoms with Crippen LogP contribution in [0.1, 0.15) is 33.1 Å². The average Bonchev–Trinajstić information content (AvgIpc) is 2.56. The summed E-state index contributed by atoms with van der Waals surface area (Å²) in [6.45, 7) is 5.03. The van der Waals surface area contributed by atoms with Gasteiger partial charge in [-0.1, -0.05) is 25.3 Å². The third kappa shape index (κ3) is 0.759. The van der Waals surface area contributed by atoms with E-state index in [0.717, 1.165) is 29.6 Å². The molecule has 0 heterocycles. The van der Waals surface area contributed by atoms with E-state index in [1.165, 1.54) is 24.8 Å². The fourth-order valence-electron chi connectivity index (χ4n) is 5.24. The van der Waals surface area contributed by atoms with Crippen LogP contribution < -0.4 is 0 Å². The highest BCUT2D eigenvalue weighted by molar-refractivity contribution is 5.35. The highest BCUT2D eigenvalue weighted by Crippen LogP contribution is 2.73. The molecule has 3 saturated carbocycles. The molecule has 0 saturated heterocycles. The minimum Gasteiger partial charge on any atom is -0.0690 e. The Morgan fingerprint density at radius 1 is 1.33 bits per heavy atom. The Bertz CT molecular complexity index is 427. The summed E-state index contributed by atoms with van der Waals surface area (Å²) in [5, 5.41) is 0. The molecule has 3 fully saturated rings. The fourth-order valence-corrected chi connectivity index (χ4v) is 5.24. The summed E-state index contributed by atoms with van der Waals surface area (Å²) in [6, 6.07) is 0. The lowest BCUT2D eigenvalue weighted by molar-refractivity contribution is -0.0753. The Hall–Kier alpha value is -0.700. The van der Waals surface area contributed by atoms with E-state index in [4.69, 9.17) is 0 Å². The van der Waals surface area contributed by atoms with Crippen molar-refractivity contribution in [3.05, 3.63) is 23.1 Å². The fraction of sp³-hybridized carbons (Fsp3) is 0.733. The maximum Gasteiger partial charge on any atom is 0.0144 e. The van der Waals surface area contributed by atoms with Crippen LogP contribution >= 0.6 is 0 Å². The molecule has 0 aromatic carbocycles. The molecule has 4 rings (SSSR count). The number of hydrogen-bond acceptors (Lipinski definition) is 0. The summed E-state index contributed by atoms with van der Waals surface area (Å²) in [6.07, 6.45) is 6.64. The lowest BCUT2D eigenvalue weighted by Crippen LogP contribution is -2.52. The Balaban J connectivity index is 1.70. The summed E-state index contributed by atoms with van der Waals surface area (Å²) in [5.41, 5.74) is 8.45. The maximum absolute atomic E-state index is 3.27. The van der Waals surface area contributed by atoms with E-state index in [1.54, 1.807) is 0 Å². The number of hydrogen-bond donors (Lipinski definition) is 0. The molecule has 0 aromatic rings. The van der Waals surface area contributed by atoms with Crippen LogP contribution in [0.4, 0.5) is 0 Å². The summed E-state index contributed by atoms with van der Waals surface area (Å²) in [5.74, 6) is 4.97. The lowest BCUT2D eigenvalue weighted by Gasteiger charge is -2.58. The van der Waals surface area contributed by atoms with Crippen LogP contribution in [0.15, 0.2) is 23.1 Å². The van der Waals surface area contributed by atoms with Crippen molar-refractivity contribution in [2.45, 2.75) is 33.1 Å². The second-order valence-electron chi connectivity index (χ2n) is 6.44. The van der Waals surface area contributed by atoms with Crippen molar-refractivity contribution in [2.24, 2.45) is 35.0 Å². The third-order valence-corrected chi connectivity index (χ3v) is 6.20. The molecule has 0 amide bonds. The van der Waals surface area contributed by atoms with Crippen LogP contribution in [0, 0.1) is 35.0 Å². The molecule has 0 aliphatic heterocycles. The van der Waals surface area contributed by atoms with Gasteiger partial charge >= 0.3 is 0 Å². The van der Waals surface area contributed by atoms with Crippen LogP contribution in [0.3, 0.4) is 0 Å². The van der Waals surface area contributed by atoms with Crippen molar-refractivity contribution in [3.63, 3.8) is 0 Å². The van der Waals surface area contributed by atoms with Crippen LogP contribution in [0.2, 0.25) is 0 Å². The predicted octanol–water partition coefficient (Wildman–Crippen LogP) is 3.55. The number of allylic oxidation sites excluding steroid dienone is 2. The SMILES string of the molecule is CC1CC2CC1C1CC(C3=C=C=C3)C21C. The van der Waals surface area contributed by atoms with Crippen molar-refractivity contribution >= 4 is 0 Å².